The second-order valence-corrected chi connectivity index (χ2v) is 6.40. The number of hydrogen-bond donors (Lipinski definition) is 0. The van der Waals surface area contributed by atoms with Gasteiger partial charge in [0.2, 0.25) is 0 Å². The second-order valence-electron chi connectivity index (χ2n) is 6.40. The highest BCUT2D eigenvalue weighted by Crippen LogP contribution is 2.50. The van der Waals surface area contributed by atoms with Crippen LogP contribution in [0.4, 0.5) is 22.0 Å². The molecule has 0 amide bonds. The Hall–Kier alpha value is -2.95. The summed E-state index contributed by atoms with van der Waals surface area (Å²) in [4.78, 5) is 0. The Morgan fingerprint density at radius 3 is 0.640 bits per heavy atom. The molecule has 0 fully saturated rings. The molecular weight excluding hydrogens is 335 g/mol. The number of rotatable bonds is 0. The Morgan fingerprint density at radius 1 is 0.320 bits per heavy atom. The van der Waals surface area contributed by atoms with Crippen molar-refractivity contribution in [3.05, 3.63) is 59.4 Å². The summed E-state index contributed by atoms with van der Waals surface area (Å²) < 4.78 is 72.5. The molecule has 0 bridgehead atoms. The molecule has 0 N–H and O–H groups in total. The average Bonchev–Trinajstić information content (AvgIpc) is 2.92. The van der Waals surface area contributed by atoms with Gasteiger partial charge in [0.05, 0.1) is 0 Å². The molecule has 0 nitrogen and oxygen atoms in total. The van der Waals surface area contributed by atoms with Gasteiger partial charge in [-0.3, -0.25) is 0 Å². The van der Waals surface area contributed by atoms with Crippen LogP contribution >= 0.6 is 0 Å². The topological polar surface area (TPSA) is 0 Å². The van der Waals surface area contributed by atoms with E-state index in [1.807, 2.05) is 0 Å². The van der Waals surface area contributed by atoms with Crippen molar-refractivity contribution in [3.63, 3.8) is 0 Å². The maximum absolute atomic E-state index is 14.5. The zero-order valence-electron chi connectivity index (χ0n) is 12.3. The first kappa shape index (κ1) is 13.4. The largest absolute Gasteiger partial charge is 0.206 e. The fourth-order valence-electron chi connectivity index (χ4n) is 4.30. The van der Waals surface area contributed by atoms with Gasteiger partial charge in [-0.2, -0.15) is 0 Å². The lowest BCUT2D eigenvalue weighted by Gasteiger charge is -2.07. The Bertz CT molecular complexity index is 1190. The molecule has 6 aromatic rings. The third-order valence-corrected chi connectivity index (χ3v) is 5.24. The van der Waals surface area contributed by atoms with E-state index in [0.29, 0.717) is 26.9 Å². The Morgan fingerprint density at radius 2 is 0.480 bits per heavy atom. The standard InChI is InChI=1S/C20H5F5/c21-11-1-6-12(22)3-8-14(24)5-10-15(25)4-9-13(23)2-7(11)17-16(6)18(8)20(10)19(9)17/h1-5H. The van der Waals surface area contributed by atoms with Crippen LogP contribution in [0.2, 0.25) is 0 Å². The first-order valence-electron chi connectivity index (χ1n) is 7.58. The van der Waals surface area contributed by atoms with Crippen molar-refractivity contribution in [2.24, 2.45) is 0 Å². The molecule has 0 aliphatic rings. The van der Waals surface area contributed by atoms with Crippen LogP contribution in [-0.4, -0.2) is 0 Å². The monoisotopic (exact) mass is 340 g/mol. The van der Waals surface area contributed by atoms with Crippen molar-refractivity contribution >= 4 is 53.9 Å². The number of halogens is 5. The van der Waals surface area contributed by atoms with E-state index in [4.69, 9.17) is 0 Å². The van der Waals surface area contributed by atoms with Crippen molar-refractivity contribution in [2.45, 2.75) is 0 Å². The first-order chi connectivity index (χ1) is 12.0. The van der Waals surface area contributed by atoms with E-state index in [1.165, 1.54) is 0 Å². The molecule has 0 spiro atoms. The molecule has 120 valence electrons. The van der Waals surface area contributed by atoms with Crippen molar-refractivity contribution in [2.75, 3.05) is 0 Å². The summed E-state index contributed by atoms with van der Waals surface area (Å²) in [6.07, 6.45) is 0. The fraction of sp³-hybridized carbons (Fsp3) is 0. The summed E-state index contributed by atoms with van der Waals surface area (Å²) in [5, 5.41) is 1.44. The summed E-state index contributed by atoms with van der Waals surface area (Å²) >= 11 is 0. The summed E-state index contributed by atoms with van der Waals surface area (Å²) in [5.41, 5.74) is 0. The molecule has 6 aromatic carbocycles. The molecule has 0 aromatic heterocycles. The molecular formula is C20H5F5. The lowest BCUT2D eigenvalue weighted by atomic mass is 9.98. The molecule has 0 aliphatic carbocycles. The molecule has 0 heterocycles. The molecule has 0 unspecified atom stereocenters. The van der Waals surface area contributed by atoms with Crippen LogP contribution in [0.25, 0.3) is 53.9 Å². The molecule has 0 atom stereocenters. The summed E-state index contributed by atoms with van der Waals surface area (Å²) in [5.74, 6) is -3.86. The fourth-order valence-corrected chi connectivity index (χ4v) is 4.30. The van der Waals surface area contributed by atoms with Gasteiger partial charge in [0.1, 0.15) is 29.1 Å². The molecule has 5 heteroatoms. The van der Waals surface area contributed by atoms with Crippen molar-refractivity contribution in [1.82, 2.24) is 0 Å². The van der Waals surface area contributed by atoms with E-state index in [1.54, 1.807) is 0 Å². The minimum absolute atomic E-state index is 0.0195. The first-order valence-corrected chi connectivity index (χ1v) is 7.58. The van der Waals surface area contributed by atoms with E-state index in [0.717, 1.165) is 30.3 Å². The lowest BCUT2D eigenvalue weighted by Crippen LogP contribution is -1.88. The normalized spacial score (nSPS) is 13.0. The van der Waals surface area contributed by atoms with Gasteiger partial charge in [-0.15, -0.1) is 0 Å². The summed E-state index contributed by atoms with van der Waals surface area (Å²) in [6, 6.07) is 4.91. The van der Waals surface area contributed by atoms with Crippen molar-refractivity contribution in [3.8, 4) is 0 Å². The third-order valence-electron chi connectivity index (χ3n) is 5.24. The molecule has 0 aliphatic heterocycles. The smallest absolute Gasteiger partial charge is 0.131 e. The van der Waals surface area contributed by atoms with Gasteiger partial charge < -0.3 is 0 Å². The number of hydrogen-bond acceptors (Lipinski definition) is 0. The Kier molecular flexibility index (Phi) is 2.04. The van der Waals surface area contributed by atoms with Crippen LogP contribution in [0, 0.1) is 29.1 Å². The zero-order chi connectivity index (χ0) is 17.2. The number of benzene rings is 5. The quantitative estimate of drug-likeness (QED) is 0.220. The van der Waals surface area contributed by atoms with Crippen molar-refractivity contribution in [1.29, 1.82) is 0 Å². The maximum Gasteiger partial charge on any atom is 0.131 e. The van der Waals surface area contributed by atoms with Crippen LogP contribution in [0.1, 0.15) is 0 Å². The van der Waals surface area contributed by atoms with Crippen molar-refractivity contribution < 1.29 is 22.0 Å². The SMILES string of the molecule is Fc1cc2c(F)cc3c(F)cc4c(F)cc5c(F)cc1c1c5c4c3c21. The van der Waals surface area contributed by atoms with Gasteiger partial charge in [0.15, 0.2) is 0 Å². The zero-order valence-corrected chi connectivity index (χ0v) is 12.3. The Labute approximate surface area is 136 Å². The third kappa shape index (κ3) is 1.29. The molecule has 0 radical (unpaired) electrons. The van der Waals surface area contributed by atoms with E-state index in [2.05, 4.69) is 0 Å². The minimum Gasteiger partial charge on any atom is -0.206 e. The van der Waals surface area contributed by atoms with E-state index in [9.17, 15) is 22.0 Å². The van der Waals surface area contributed by atoms with Crippen LogP contribution in [0.3, 0.4) is 0 Å². The lowest BCUT2D eigenvalue weighted by molar-refractivity contribution is 0.623. The van der Waals surface area contributed by atoms with Crippen LogP contribution in [0.5, 0.6) is 0 Å². The van der Waals surface area contributed by atoms with Crippen LogP contribution in [0.15, 0.2) is 30.3 Å². The molecule has 6 rings (SSSR count). The molecule has 0 saturated carbocycles. The molecule has 25 heavy (non-hydrogen) atoms. The van der Waals surface area contributed by atoms with Gasteiger partial charge in [0, 0.05) is 53.9 Å². The highest BCUT2D eigenvalue weighted by Gasteiger charge is 2.27. The molecule has 0 saturated heterocycles. The maximum atomic E-state index is 14.5. The minimum atomic E-state index is -0.771. The van der Waals surface area contributed by atoms with Gasteiger partial charge in [-0.1, -0.05) is 0 Å². The highest BCUT2D eigenvalue weighted by atomic mass is 19.1. The average molecular weight is 340 g/mol. The van der Waals surface area contributed by atoms with Gasteiger partial charge in [0.25, 0.3) is 0 Å². The predicted octanol–water partition coefficient (Wildman–Crippen LogP) is 6.46. The van der Waals surface area contributed by atoms with Gasteiger partial charge in [-0.25, -0.2) is 22.0 Å². The van der Waals surface area contributed by atoms with Gasteiger partial charge in [-0.05, 0) is 30.3 Å². The Balaban J connectivity index is 2.21. The second kappa shape index (κ2) is 3.82. The highest BCUT2D eigenvalue weighted by molar-refractivity contribution is 6.44. The predicted molar refractivity (Wildman–Crippen MR) is 87.3 cm³/mol. The van der Waals surface area contributed by atoms with E-state index < -0.39 is 29.1 Å². The van der Waals surface area contributed by atoms with Crippen LogP contribution < -0.4 is 0 Å². The summed E-state index contributed by atoms with van der Waals surface area (Å²) in [7, 11) is 0. The summed E-state index contributed by atoms with van der Waals surface area (Å²) in [6.45, 7) is 0. The van der Waals surface area contributed by atoms with E-state index in [-0.39, 0.29) is 26.9 Å². The van der Waals surface area contributed by atoms with Crippen LogP contribution in [-0.2, 0) is 0 Å². The van der Waals surface area contributed by atoms with E-state index >= 15 is 0 Å². The van der Waals surface area contributed by atoms with Gasteiger partial charge >= 0.3 is 0 Å².